The van der Waals surface area contributed by atoms with E-state index in [4.69, 9.17) is 4.74 Å². The molecule has 0 aromatic carbocycles. The molecule has 2 N–H and O–H groups in total. The lowest BCUT2D eigenvalue weighted by molar-refractivity contribution is -0.219. The molecule has 0 bridgehead atoms. The van der Waals surface area contributed by atoms with E-state index < -0.39 is 39.7 Å². The summed E-state index contributed by atoms with van der Waals surface area (Å²) >= 11 is 0. The molecule has 0 aliphatic carbocycles. The standard InChI is InChI=1S/C25H30F3N7O4S/c1-15-11-24(5,6)34(13-15)21-17(22(36)33-40(37,38)18-12-29-31-16(18)2)7-8-19(30-21)35-10-9-20(32-35)39-14-23(3,4)25(26,27)28/h7-12H,13-14H2,1-6H3,(H,29,31)(H,33,36). The second-order valence-corrected chi connectivity index (χ2v) is 12.5. The first-order chi connectivity index (χ1) is 18.4. The minimum Gasteiger partial charge on any atom is -0.476 e. The highest BCUT2D eigenvalue weighted by molar-refractivity contribution is 7.90. The summed E-state index contributed by atoms with van der Waals surface area (Å²) in [6.45, 7) is 9.12. The van der Waals surface area contributed by atoms with Gasteiger partial charge in [0.1, 0.15) is 17.3 Å². The van der Waals surface area contributed by atoms with Crippen molar-refractivity contribution < 1.29 is 31.1 Å². The van der Waals surface area contributed by atoms with Crippen molar-refractivity contribution in [3.8, 4) is 11.7 Å². The van der Waals surface area contributed by atoms with Crippen LogP contribution < -0.4 is 14.4 Å². The Morgan fingerprint density at radius 2 is 1.90 bits per heavy atom. The lowest BCUT2D eigenvalue weighted by atomic mass is 9.94. The number of ether oxygens (including phenoxy) is 1. The molecule has 0 saturated carbocycles. The van der Waals surface area contributed by atoms with Gasteiger partial charge in [0.05, 0.1) is 22.2 Å². The second-order valence-electron chi connectivity index (χ2n) is 10.8. The summed E-state index contributed by atoms with van der Waals surface area (Å²) in [5.41, 5.74) is -1.43. The Kier molecular flexibility index (Phi) is 7.24. The number of aromatic amines is 1. The molecule has 1 aliphatic rings. The number of carbonyl (C=O) groups is 1. The van der Waals surface area contributed by atoms with Crippen LogP contribution in [0.4, 0.5) is 19.0 Å². The highest BCUT2D eigenvalue weighted by atomic mass is 32.2. The van der Waals surface area contributed by atoms with Crippen LogP contribution in [0.2, 0.25) is 0 Å². The molecule has 0 fully saturated rings. The minimum absolute atomic E-state index is 0.000189. The summed E-state index contributed by atoms with van der Waals surface area (Å²) in [6.07, 6.45) is 0.196. The maximum Gasteiger partial charge on any atom is 0.397 e. The van der Waals surface area contributed by atoms with Crippen LogP contribution in [0, 0.1) is 12.3 Å². The van der Waals surface area contributed by atoms with Crippen molar-refractivity contribution in [2.45, 2.75) is 58.2 Å². The minimum atomic E-state index is -4.46. The third-order valence-corrected chi connectivity index (χ3v) is 7.96. The second kappa shape index (κ2) is 9.94. The normalized spacial score (nSPS) is 15.7. The van der Waals surface area contributed by atoms with Crippen LogP contribution in [0.3, 0.4) is 0 Å². The number of aryl methyl sites for hydroxylation is 1. The van der Waals surface area contributed by atoms with Crippen LogP contribution in [-0.2, 0) is 10.0 Å². The van der Waals surface area contributed by atoms with Gasteiger partial charge in [-0.2, -0.15) is 18.3 Å². The van der Waals surface area contributed by atoms with E-state index in [0.29, 0.717) is 6.54 Å². The third kappa shape index (κ3) is 5.69. The van der Waals surface area contributed by atoms with Gasteiger partial charge in [0.2, 0.25) is 5.88 Å². The number of sulfonamides is 1. The Morgan fingerprint density at radius 1 is 1.20 bits per heavy atom. The molecular weight excluding hydrogens is 551 g/mol. The summed E-state index contributed by atoms with van der Waals surface area (Å²) in [5, 5.41) is 10.4. The van der Waals surface area contributed by atoms with Gasteiger partial charge in [-0.3, -0.25) is 9.89 Å². The van der Waals surface area contributed by atoms with Crippen molar-refractivity contribution in [1.82, 2.24) is 29.7 Å². The van der Waals surface area contributed by atoms with Crippen molar-refractivity contribution in [2.24, 2.45) is 5.41 Å². The average Bonchev–Trinajstić information content (AvgIpc) is 3.54. The summed E-state index contributed by atoms with van der Waals surface area (Å²) in [4.78, 5) is 19.6. The van der Waals surface area contributed by atoms with E-state index in [0.717, 1.165) is 19.4 Å². The molecule has 4 heterocycles. The fourth-order valence-corrected chi connectivity index (χ4v) is 5.28. The Labute approximate surface area is 229 Å². The van der Waals surface area contributed by atoms with Crippen LogP contribution in [0.15, 0.2) is 47.1 Å². The Morgan fingerprint density at radius 3 is 2.48 bits per heavy atom. The molecule has 1 amide bonds. The molecule has 0 saturated heterocycles. The van der Waals surface area contributed by atoms with E-state index in [1.54, 1.807) is 0 Å². The van der Waals surface area contributed by atoms with Crippen LogP contribution in [0.5, 0.6) is 5.88 Å². The van der Waals surface area contributed by atoms with Gasteiger partial charge in [0.15, 0.2) is 5.82 Å². The van der Waals surface area contributed by atoms with E-state index in [2.05, 4.69) is 25.0 Å². The maximum absolute atomic E-state index is 13.3. The number of amides is 1. The zero-order valence-electron chi connectivity index (χ0n) is 22.8. The SMILES string of the molecule is CC1=CC(C)(C)N(c2nc(-n3ccc(OCC(C)(C)C(F)(F)F)n3)ccc2C(=O)NS(=O)(=O)c2c[nH]nc2C)C1. The van der Waals surface area contributed by atoms with Gasteiger partial charge in [-0.05, 0) is 53.7 Å². The van der Waals surface area contributed by atoms with Gasteiger partial charge < -0.3 is 9.64 Å². The molecule has 0 radical (unpaired) electrons. The molecule has 0 spiro atoms. The van der Waals surface area contributed by atoms with Crippen LogP contribution in [0.1, 0.15) is 50.7 Å². The molecule has 40 heavy (non-hydrogen) atoms. The predicted octanol–water partition coefficient (Wildman–Crippen LogP) is 3.93. The maximum atomic E-state index is 13.3. The number of carbonyl (C=O) groups excluding carboxylic acids is 1. The van der Waals surface area contributed by atoms with E-state index in [1.807, 2.05) is 31.7 Å². The molecule has 1 aliphatic heterocycles. The molecule has 0 atom stereocenters. The molecule has 216 valence electrons. The van der Waals surface area contributed by atoms with Crippen LogP contribution in [0.25, 0.3) is 5.82 Å². The van der Waals surface area contributed by atoms with Crippen molar-refractivity contribution in [3.63, 3.8) is 0 Å². The number of hydrogen-bond donors (Lipinski definition) is 2. The molecule has 4 rings (SSSR count). The number of nitrogens with zero attached hydrogens (tertiary/aromatic N) is 5. The Bertz CT molecular complexity index is 1570. The molecule has 11 nitrogen and oxygen atoms in total. The lowest BCUT2D eigenvalue weighted by Crippen LogP contribution is -2.41. The Balaban J connectivity index is 1.67. The van der Waals surface area contributed by atoms with Gasteiger partial charge in [-0.25, -0.2) is 22.8 Å². The number of pyridine rings is 1. The molecule has 15 heteroatoms. The van der Waals surface area contributed by atoms with Gasteiger partial charge in [0, 0.05) is 25.0 Å². The predicted molar refractivity (Wildman–Crippen MR) is 140 cm³/mol. The zero-order valence-corrected chi connectivity index (χ0v) is 23.6. The number of aromatic nitrogens is 5. The van der Waals surface area contributed by atoms with Crippen molar-refractivity contribution in [2.75, 3.05) is 18.1 Å². The van der Waals surface area contributed by atoms with E-state index in [1.165, 1.54) is 42.2 Å². The van der Waals surface area contributed by atoms with Crippen molar-refractivity contribution >= 4 is 21.7 Å². The molecule has 3 aromatic heterocycles. The fraction of sp³-hybridized carbons (Fsp3) is 0.440. The number of anilines is 1. The van der Waals surface area contributed by atoms with Crippen LogP contribution in [-0.4, -0.2) is 64.2 Å². The zero-order chi connectivity index (χ0) is 29.7. The first kappa shape index (κ1) is 29.1. The van der Waals surface area contributed by atoms with Crippen molar-refractivity contribution in [1.29, 1.82) is 0 Å². The topological polar surface area (TPSA) is 135 Å². The van der Waals surface area contributed by atoms with Crippen molar-refractivity contribution in [3.05, 3.63) is 53.5 Å². The van der Waals surface area contributed by atoms with Gasteiger partial charge in [-0.1, -0.05) is 11.6 Å². The largest absolute Gasteiger partial charge is 0.476 e. The van der Waals surface area contributed by atoms with Gasteiger partial charge in [-0.15, -0.1) is 5.10 Å². The average molecular weight is 582 g/mol. The van der Waals surface area contributed by atoms with Gasteiger partial charge in [0.25, 0.3) is 15.9 Å². The molecule has 0 unspecified atom stereocenters. The highest BCUT2D eigenvalue weighted by Gasteiger charge is 2.48. The number of alkyl halides is 3. The number of rotatable bonds is 8. The molecular formula is C25H30F3N7O4S. The number of H-pyrrole nitrogens is 1. The highest BCUT2D eigenvalue weighted by Crippen LogP contribution is 2.38. The number of halogens is 3. The van der Waals surface area contributed by atoms with Gasteiger partial charge >= 0.3 is 6.18 Å². The summed E-state index contributed by atoms with van der Waals surface area (Å²) < 4.78 is 74.0. The van der Waals surface area contributed by atoms with E-state index in [-0.39, 0.29) is 33.7 Å². The summed E-state index contributed by atoms with van der Waals surface area (Å²) in [5.74, 6) is -0.495. The van der Waals surface area contributed by atoms with E-state index >= 15 is 0 Å². The number of nitrogens with one attached hydrogen (secondary N) is 2. The quantitative estimate of drug-likeness (QED) is 0.382. The van der Waals surface area contributed by atoms with Crippen LogP contribution >= 0.6 is 0 Å². The third-order valence-electron chi connectivity index (χ3n) is 6.51. The summed E-state index contributed by atoms with van der Waals surface area (Å²) in [6, 6.07) is 4.27. The first-order valence-electron chi connectivity index (χ1n) is 12.2. The first-order valence-corrected chi connectivity index (χ1v) is 13.7. The van der Waals surface area contributed by atoms with E-state index in [9.17, 15) is 26.4 Å². The molecule has 3 aromatic rings. The monoisotopic (exact) mass is 581 g/mol. The number of hydrogen-bond acceptors (Lipinski definition) is 8. The fourth-order valence-electron chi connectivity index (χ4n) is 4.18. The lowest BCUT2D eigenvalue weighted by Gasteiger charge is -2.33. The summed E-state index contributed by atoms with van der Waals surface area (Å²) in [7, 11) is -4.23. The Hall–Kier alpha value is -3.88. The smallest absolute Gasteiger partial charge is 0.397 e.